The van der Waals surface area contributed by atoms with Gasteiger partial charge in [0.15, 0.2) is 0 Å². The Hall–Kier alpha value is -1.06. The third kappa shape index (κ3) is 4.81. The van der Waals surface area contributed by atoms with E-state index < -0.39 is 0 Å². The van der Waals surface area contributed by atoms with Crippen LogP contribution in [0.3, 0.4) is 0 Å². The van der Waals surface area contributed by atoms with Crippen molar-refractivity contribution < 1.29 is 4.74 Å². The first kappa shape index (κ1) is 12.0. The standard InChI is InChI=1S/C12H20N2O/c1-14(2)8-9-15-12-5-3-4-11(10-12)6-7-13/h3-5,10H,6-9,13H2,1-2H3. The minimum Gasteiger partial charge on any atom is -0.492 e. The molecule has 0 radical (unpaired) electrons. The maximum atomic E-state index is 5.62. The number of nitrogens with zero attached hydrogens (tertiary/aromatic N) is 1. The highest BCUT2D eigenvalue weighted by Gasteiger charge is 1.97. The van der Waals surface area contributed by atoms with Gasteiger partial charge in [0.05, 0.1) is 0 Å². The van der Waals surface area contributed by atoms with Gasteiger partial charge in [-0.15, -0.1) is 0 Å². The molecule has 0 unspecified atom stereocenters. The quantitative estimate of drug-likeness (QED) is 0.761. The summed E-state index contributed by atoms with van der Waals surface area (Å²) in [4.78, 5) is 2.10. The Kier molecular flexibility index (Phi) is 5.15. The first-order valence-corrected chi connectivity index (χ1v) is 5.29. The molecule has 3 heteroatoms. The molecular formula is C12H20N2O. The molecule has 0 aliphatic heterocycles. The van der Waals surface area contributed by atoms with E-state index in [0.29, 0.717) is 6.54 Å². The molecule has 0 heterocycles. The van der Waals surface area contributed by atoms with Gasteiger partial charge in [0.25, 0.3) is 0 Å². The number of nitrogens with two attached hydrogens (primary N) is 1. The maximum Gasteiger partial charge on any atom is 0.119 e. The van der Waals surface area contributed by atoms with E-state index >= 15 is 0 Å². The molecule has 1 aromatic carbocycles. The van der Waals surface area contributed by atoms with Crippen LogP contribution in [0, 0.1) is 0 Å². The van der Waals surface area contributed by atoms with Crippen molar-refractivity contribution in [2.24, 2.45) is 5.73 Å². The second-order valence-electron chi connectivity index (χ2n) is 3.84. The van der Waals surface area contributed by atoms with Gasteiger partial charge in [-0.05, 0) is 44.8 Å². The Balaban J connectivity index is 2.43. The molecule has 0 amide bonds. The van der Waals surface area contributed by atoms with Crippen molar-refractivity contribution in [2.45, 2.75) is 6.42 Å². The Labute approximate surface area is 91.8 Å². The summed E-state index contributed by atoms with van der Waals surface area (Å²) in [6.07, 6.45) is 0.908. The van der Waals surface area contributed by atoms with E-state index in [1.54, 1.807) is 0 Å². The molecule has 1 rings (SSSR count). The lowest BCUT2D eigenvalue weighted by Gasteiger charge is -2.11. The minimum atomic E-state index is 0.682. The molecule has 0 fully saturated rings. The van der Waals surface area contributed by atoms with Crippen LogP contribution in [0.15, 0.2) is 24.3 Å². The molecule has 84 valence electrons. The zero-order chi connectivity index (χ0) is 11.1. The highest BCUT2D eigenvalue weighted by atomic mass is 16.5. The lowest BCUT2D eigenvalue weighted by atomic mass is 10.1. The third-order valence-electron chi connectivity index (χ3n) is 2.14. The summed E-state index contributed by atoms with van der Waals surface area (Å²) in [5, 5.41) is 0. The number of rotatable bonds is 6. The van der Waals surface area contributed by atoms with Crippen molar-refractivity contribution in [1.82, 2.24) is 4.90 Å². The molecule has 0 spiro atoms. The second kappa shape index (κ2) is 6.43. The molecule has 0 saturated heterocycles. The van der Waals surface area contributed by atoms with Crippen LogP contribution in [0.2, 0.25) is 0 Å². The van der Waals surface area contributed by atoms with E-state index in [2.05, 4.69) is 17.0 Å². The second-order valence-corrected chi connectivity index (χ2v) is 3.84. The first-order chi connectivity index (χ1) is 7.22. The van der Waals surface area contributed by atoms with Crippen molar-refractivity contribution >= 4 is 0 Å². The van der Waals surface area contributed by atoms with E-state index in [-0.39, 0.29) is 0 Å². The summed E-state index contributed by atoms with van der Waals surface area (Å²) in [6, 6.07) is 8.12. The number of hydrogen-bond donors (Lipinski definition) is 1. The maximum absolute atomic E-state index is 5.62. The van der Waals surface area contributed by atoms with Crippen LogP contribution < -0.4 is 10.5 Å². The summed E-state index contributed by atoms with van der Waals surface area (Å²) < 4.78 is 5.62. The lowest BCUT2D eigenvalue weighted by molar-refractivity contribution is 0.261. The molecule has 3 nitrogen and oxygen atoms in total. The van der Waals surface area contributed by atoms with Gasteiger partial charge in [-0.1, -0.05) is 12.1 Å². The van der Waals surface area contributed by atoms with Gasteiger partial charge in [-0.3, -0.25) is 0 Å². The molecule has 0 saturated carbocycles. The smallest absolute Gasteiger partial charge is 0.119 e. The van der Waals surface area contributed by atoms with Gasteiger partial charge >= 0.3 is 0 Å². The molecule has 15 heavy (non-hydrogen) atoms. The lowest BCUT2D eigenvalue weighted by Crippen LogP contribution is -2.19. The van der Waals surface area contributed by atoms with Crippen LogP contribution in [0.1, 0.15) is 5.56 Å². The monoisotopic (exact) mass is 208 g/mol. The molecule has 0 aliphatic carbocycles. The topological polar surface area (TPSA) is 38.5 Å². The number of hydrogen-bond acceptors (Lipinski definition) is 3. The average Bonchev–Trinajstić information content (AvgIpc) is 2.18. The molecule has 1 aromatic rings. The summed E-state index contributed by atoms with van der Waals surface area (Å²) in [5.74, 6) is 0.933. The fourth-order valence-electron chi connectivity index (χ4n) is 1.30. The van der Waals surface area contributed by atoms with Gasteiger partial charge < -0.3 is 15.4 Å². The number of ether oxygens (including phenoxy) is 1. The van der Waals surface area contributed by atoms with Crippen molar-refractivity contribution in [2.75, 3.05) is 33.8 Å². The largest absolute Gasteiger partial charge is 0.492 e. The summed E-state index contributed by atoms with van der Waals surface area (Å²) >= 11 is 0. The molecule has 0 atom stereocenters. The Morgan fingerprint density at radius 2 is 2.13 bits per heavy atom. The highest BCUT2D eigenvalue weighted by Crippen LogP contribution is 2.13. The highest BCUT2D eigenvalue weighted by molar-refractivity contribution is 5.28. The van der Waals surface area contributed by atoms with Crippen LogP contribution in [0.5, 0.6) is 5.75 Å². The number of likely N-dealkylation sites (N-methyl/N-ethyl adjacent to an activating group) is 1. The summed E-state index contributed by atoms with van der Waals surface area (Å²) in [5.41, 5.74) is 6.74. The van der Waals surface area contributed by atoms with Crippen LogP contribution in [0.4, 0.5) is 0 Å². The Bertz CT molecular complexity index is 287. The van der Waals surface area contributed by atoms with E-state index in [1.165, 1.54) is 5.56 Å². The van der Waals surface area contributed by atoms with Gasteiger partial charge in [-0.25, -0.2) is 0 Å². The third-order valence-corrected chi connectivity index (χ3v) is 2.14. The Morgan fingerprint density at radius 1 is 1.33 bits per heavy atom. The SMILES string of the molecule is CN(C)CCOc1cccc(CCN)c1. The van der Waals surface area contributed by atoms with E-state index in [0.717, 1.165) is 25.3 Å². The van der Waals surface area contributed by atoms with Crippen LogP contribution in [0.25, 0.3) is 0 Å². The van der Waals surface area contributed by atoms with Gasteiger partial charge in [-0.2, -0.15) is 0 Å². The van der Waals surface area contributed by atoms with E-state index in [4.69, 9.17) is 10.5 Å². The molecule has 0 aromatic heterocycles. The number of benzene rings is 1. The predicted octanol–water partition coefficient (Wildman–Crippen LogP) is 1.13. The molecular weight excluding hydrogens is 188 g/mol. The van der Waals surface area contributed by atoms with Crippen LogP contribution in [-0.2, 0) is 6.42 Å². The zero-order valence-corrected chi connectivity index (χ0v) is 9.57. The fraction of sp³-hybridized carbons (Fsp3) is 0.500. The van der Waals surface area contributed by atoms with Crippen LogP contribution >= 0.6 is 0 Å². The van der Waals surface area contributed by atoms with E-state index in [1.807, 2.05) is 26.2 Å². The average molecular weight is 208 g/mol. The fourth-order valence-corrected chi connectivity index (χ4v) is 1.30. The summed E-state index contributed by atoms with van der Waals surface area (Å²) in [6.45, 7) is 2.33. The van der Waals surface area contributed by atoms with E-state index in [9.17, 15) is 0 Å². The van der Waals surface area contributed by atoms with Crippen molar-refractivity contribution in [3.8, 4) is 5.75 Å². The zero-order valence-electron chi connectivity index (χ0n) is 9.57. The van der Waals surface area contributed by atoms with Gasteiger partial charge in [0.1, 0.15) is 12.4 Å². The summed E-state index contributed by atoms with van der Waals surface area (Å²) in [7, 11) is 4.07. The van der Waals surface area contributed by atoms with Crippen molar-refractivity contribution in [3.63, 3.8) is 0 Å². The van der Waals surface area contributed by atoms with Crippen LogP contribution in [-0.4, -0.2) is 38.7 Å². The van der Waals surface area contributed by atoms with Gasteiger partial charge in [0, 0.05) is 6.54 Å². The molecule has 0 bridgehead atoms. The first-order valence-electron chi connectivity index (χ1n) is 5.29. The normalized spacial score (nSPS) is 10.7. The Morgan fingerprint density at radius 3 is 2.80 bits per heavy atom. The predicted molar refractivity (Wildman–Crippen MR) is 63.2 cm³/mol. The van der Waals surface area contributed by atoms with Gasteiger partial charge in [0.2, 0.25) is 0 Å². The molecule has 0 aliphatic rings. The molecule has 2 N–H and O–H groups in total. The van der Waals surface area contributed by atoms with Crippen molar-refractivity contribution in [1.29, 1.82) is 0 Å². The minimum absolute atomic E-state index is 0.682. The van der Waals surface area contributed by atoms with Crippen molar-refractivity contribution in [3.05, 3.63) is 29.8 Å².